The minimum Gasteiger partial charge on any atom is -0.377 e. The average Bonchev–Trinajstić information content (AvgIpc) is 3.53. The molecule has 4 heterocycles. The number of piperidine rings is 1. The highest BCUT2D eigenvalue weighted by atomic mass is 19.4. The third-order valence-corrected chi connectivity index (χ3v) is 8.19. The first-order chi connectivity index (χ1) is 19.2. The van der Waals surface area contributed by atoms with Crippen LogP contribution in [0.1, 0.15) is 69.0 Å². The summed E-state index contributed by atoms with van der Waals surface area (Å²) in [7, 11) is 0. The van der Waals surface area contributed by atoms with E-state index in [2.05, 4.69) is 27.3 Å². The number of carbonyl (C=O) groups is 1. The van der Waals surface area contributed by atoms with Crippen LogP contribution in [0.15, 0.2) is 35.3 Å². The van der Waals surface area contributed by atoms with E-state index in [4.69, 9.17) is 4.74 Å². The third-order valence-electron chi connectivity index (χ3n) is 8.19. The number of rotatable bonds is 6. The Morgan fingerprint density at radius 1 is 1.32 bits per heavy atom. The van der Waals surface area contributed by atoms with Crippen LogP contribution >= 0.6 is 0 Å². The van der Waals surface area contributed by atoms with Gasteiger partial charge in [-0.15, -0.1) is 5.10 Å². The zero-order valence-corrected chi connectivity index (χ0v) is 22.8. The van der Waals surface area contributed by atoms with Crippen molar-refractivity contribution in [1.82, 2.24) is 29.8 Å². The maximum atomic E-state index is 14.0. The topological polar surface area (TPSA) is 103 Å². The molecule has 2 aliphatic heterocycles. The number of ether oxygens (including phenoxy) is 1. The molecule has 2 aromatic rings. The van der Waals surface area contributed by atoms with Gasteiger partial charge in [0.1, 0.15) is 6.54 Å². The number of nitrogens with zero attached hydrogens (tertiary/aromatic N) is 4. The van der Waals surface area contributed by atoms with Crippen LogP contribution in [0.25, 0.3) is 11.4 Å². The first-order valence-corrected chi connectivity index (χ1v) is 13.9. The molecule has 12 heteroatoms. The van der Waals surface area contributed by atoms with Crippen molar-refractivity contribution in [3.8, 4) is 0 Å². The largest absolute Gasteiger partial charge is 0.394 e. The summed E-state index contributed by atoms with van der Waals surface area (Å²) in [5.74, 6) is 0.433. The third kappa shape index (κ3) is 5.03. The van der Waals surface area contributed by atoms with Crippen LogP contribution < -0.4 is 16.2 Å². The number of halogens is 3. The lowest BCUT2D eigenvalue weighted by atomic mass is 9.72. The van der Waals surface area contributed by atoms with Gasteiger partial charge in [-0.3, -0.25) is 9.59 Å². The standard InChI is InChI=1S/C26H29F3N6O3.C2H6/c1-2-3-16(13-26(27,28)29)31-19(36)14-34-21-17-12-18(17)25(6-8-30-9-7-25)20(21)23(37)35-24(34)32-22(33-35)15-4-10-38-11-5-15;1-2/h2-4,17-18,30H,1,5-14H2,(H,31,36);1-2H3/b16-3+;. The molecule has 216 valence electrons. The molecule has 1 amide bonds. The second kappa shape index (κ2) is 11.0. The number of nitrogens with one attached hydrogen (secondary N) is 2. The summed E-state index contributed by atoms with van der Waals surface area (Å²) in [5.41, 5.74) is 1.54. The number of aromatic nitrogens is 4. The second-order valence-electron chi connectivity index (χ2n) is 10.5. The Bertz CT molecular complexity index is 1430. The van der Waals surface area contributed by atoms with Crippen LogP contribution in [0.4, 0.5) is 13.2 Å². The first kappa shape index (κ1) is 28.3. The molecule has 2 aliphatic carbocycles. The molecule has 2 fully saturated rings. The quantitative estimate of drug-likeness (QED) is 0.524. The van der Waals surface area contributed by atoms with E-state index >= 15 is 0 Å². The van der Waals surface area contributed by atoms with E-state index in [1.165, 1.54) is 10.6 Å². The van der Waals surface area contributed by atoms with Gasteiger partial charge in [-0.1, -0.05) is 32.6 Å². The highest BCUT2D eigenvalue weighted by Crippen LogP contribution is 2.67. The Kier molecular flexibility index (Phi) is 7.75. The lowest BCUT2D eigenvalue weighted by molar-refractivity contribution is -0.130. The fourth-order valence-corrected chi connectivity index (χ4v) is 6.60. The summed E-state index contributed by atoms with van der Waals surface area (Å²) in [6.07, 6.45) is 1.60. The van der Waals surface area contributed by atoms with Crippen molar-refractivity contribution in [3.05, 3.63) is 57.9 Å². The van der Waals surface area contributed by atoms with Crippen molar-refractivity contribution >= 4 is 17.3 Å². The Labute approximate surface area is 230 Å². The van der Waals surface area contributed by atoms with Gasteiger partial charge in [0.25, 0.3) is 5.56 Å². The normalized spacial score (nSPS) is 23.1. The highest BCUT2D eigenvalue weighted by Gasteiger charge is 2.63. The van der Waals surface area contributed by atoms with Crippen LogP contribution in [-0.4, -0.2) is 57.6 Å². The van der Waals surface area contributed by atoms with E-state index in [9.17, 15) is 22.8 Å². The average molecular weight is 561 g/mol. The van der Waals surface area contributed by atoms with Gasteiger partial charge < -0.3 is 19.9 Å². The SMILES string of the molecule is C=C/C=C(\CC(F)(F)F)NC(=O)Cn1c2c(c(=O)n3nc(C4=CCOCC4)nc13)C1(CCNCC1)C1CC21.CC. The van der Waals surface area contributed by atoms with E-state index in [-0.39, 0.29) is 34.9 Å². The van der Waals surface area contributed by atoms with Crippen molar-refractivity contribution in [2.45, 2.75) is 70.0 Å². The number of fused-ring (bicyclic) bond motifs is 6. The summed E-state index contributed by atoms with van der Waals surface area (Å²) in [5, 5.41) is 10.3. The van der Waals surface area contributed by atoms with Gasteiger partial charge in [-0.25, -0.2) is 0 Å². The molecule has 4 aliphatic rings. The molecular formula is C28H35F3N6O3. The van der Waals surface area contributed by atoms with Crippen molar-refractivity contribution in [2.75, 3.05) is 26.3 Å². The smallest absolute Gasteiger partial charge is 0.377 e. The molecule has 1 saturated heterocycles. The number of alkyl halides is 3. The van der Waals surface area contributed by atoms with Crippen LogP contribution in [0.2, 0.25) is 0 Å². The number of allylic oxidation sites excluding steroid dienone is 3. The molecule has 2 aromatic heterocycles. The highest BCUT2D eigenvalue weighted by molar-refractivity contribution is 5.78. The first-order valence-electron chi connectivity index (χ1n) is 13.9. The Morgan fingerprint density at radius 3 is 2.73 bits per heavy atom. The van der Waals surface area contributed by atoms with Crippen molar-refractivity contribution < 1.29 is 22.7 Å². The summed E-state index contributed by atoms with van der Waals surface area (Å²) in [4.78, 5) is 31.8. The Balaban J connectivity index is 0.00000158. The van der Waals surface area contributed by atoms with E-state index in [1.807, 2.05) is 19.9 Å². The summed E-state index contributed by atoms with van der Waals surface area (Å²) in [6.45, 7) is 9.70. The molecule has 9 nitrogen and oxygen atoms in total. The molecule has 2 unspecified atom stereocenters. The number of hydrogen-bond acceptors (Lipinski definition) is 6. The van der Waals surface area contributed by atoms with E-state index < -0.39 is 18.5 Å². The van der Waals surface area contributed by atoms with Gasteiger partial charge in [0.2, 0.25) is 11.7 Å². The fraction of sp³-hybridized carbons (Fsp3) is 0.571. The van der Waals surface area contributed by atoms with Crippen LogP contribution in [0, 0.1) is 5.92 Å². The van der Waals surface area contributed by atoms with Gasteiger partial charge in [0.05, 0.1) is 19.6 Å². The van der Waals surface area contributed by atoms with Gasteiger partial charge in [0.15, 0.2) is 5.82 Å². The Hall–Kier alpha value is -3.25. The molecule has 40 heavy (non-hydrogen) atoms. The molecule has 0 radical (unpaired) electrons. The number of hydrogen-bond donors (Lipinski definition) is 2. The molecule has 2 atom stereocenters. The van der Waals surface area contributed by atoms with Gasteiger partial charge >= 0.3 is 6.18 Å². The monoisotopic (exact) mass is 560 g/mol. The lowest BCUT2D eigenvalue weighted by Crippen LogP contribution is -2.45. The van der Waals surface area contributed by atoms with E-state index in [1.54, 1.807) is 4.57 Å². The van der Waals surface area contributed by atoms with Crippen LogP contribution in [-0.2, 0) is 21.5 Å². The molecule has 0 aromatic carbocycles. The zero-order chi connectivity index (χ0) is 28.7. The van der Waals surface area contributed by atoms with Crippen molar-refractivity contribution in [1.29, 1.82) is 0 Å². The molecule has 2 N–H and O–H groups in total. The lowest BCUT2D eigenvalue weighted by Gasteiger charge is -2.36. The maximum Gasteiger partial charge on any atom is 0.394 e. The molecule has 1 spiro atoms. The predicted molar refractivity (Wildman–Crippen MR) is 144 cm³/mol. The number of amides is 1. The summed E-state index contributed by atoms with van der Waals surface area (Å²) >= 11 is 0. The molecule has 1 saturated carbocycles. The van der Waals surface area contributed by atoms with Crippen LogP contribution in [0.3, 0.4) is 0 Å². The predicted octanol–water partition coefficient (Wildman–Crippen LogP) is 3.60. The molecule has 0 bridgehead atoms. The fourth-order valence-electron chi connectivity index (χ4n) is 6.60. The summed E-state index contributed by atoms with van der Waals surface area (Å²) < 4.78 is 47.6. The van der Waals surface area contributed by atoms with Gasteiger partial charge in [0, 0.05) is 28.3 Å². The van der Waals surface area contributed by atoms with Crippen LogP contribution in [0.5, 0.6) is 0 Å². The second-order valence-corrected chi connectivity index (χ2v) is 10.5. The van der Waals surface area contributed by atoms with E-state index in [0.29, 0.717) is 36.9 Å². The zero-order valence-electron chi connectivity index (χ0n) is 22.8. The maximum absolute atomic E-state index is 14.0. The Morgan fingerprint density at radius 2 is 2.08 bits per heavy atom. The van der Waals surface area contributed by atoms with Gasteiger partial charge in [-0.2, -0.15) is 22.7 Å². The number of carbonyl (C=O) groups excluding carboxylic acids is 1. The summed E-state index contributed by atoms with van der Waals surface area (Å²) in [6, 6.07) is 0. The van der Waals surface area contributed by atoms with Crippen molar-refractivity contribution in [3.63, 3.8) is 0 Å². The minimum atomic E-state index is -4.49. The van der Waals surface area contributed by atoms with E-state index in [0.717, 1.165) is 49.7 Å². The minimum absolute atomic E-state index is 0.120. The molecular weight excluding hydrogens is 525 g/mol. The molecule has 6 rings (SSSR count). The van der Waals surface area contributed by atoms with Crippen molar-refractivity contribution in [2.24, 2.45) is 5.92 Å². The van der Waals surface area contributed by atoms with Gasteiger partial charge in [-0.05, 0) is 56.3 Å².